The summed E-state index contributed by atoms with van der Waals surface area (Å²) < 4.78 is 0. The third-order valence-corrected chi connectivity index (χ3v) is 1.61. The van der Waals surface area contributed by atoms with E-state index in [2.05, 4.69) is 0 Å². The summed E-state index contributed by atoms with van der Waals surface area (Å²) >= 11 is 5.41. The molecule has 0 N–H and O–H groups in total. The number of carbonyl (C=O) groups excluding carboxylic acids is 1. The Hall–Kier alpha value is -0.240. The number of amides is 1. The molecule has 0 unspecified atom stereocenters. The van der Waals surface area contributed by atoms with Crippen molar-refractivity contribution in [3.8, 4) is 0 Å². The Morgan fingerprint density at radius 3 is 2.20 bits per heavy atom. The second-order valence-corrected chi connectivity index (χ2v) is 2.38. The van der Waals surface area contributed by atoms with Gasteiger partial charge in [-0.05, 0) is 13.8 Å². The summed E-state index contributed by atoms with van der Waals surface area (Å²) in [5.74, 6) is 0.579. The van der Waals surface area contributed by atoms with Crippen molar-refractivity contribution < 1.29 is 4.79 Å². The summed E-state index contributed by atoms with van der Waals surface area (Å²) in [5.41, 5.74) is 0. The largest absolute Gasteiger partial charge is 0.343 e. The van der Waals surface area contributed by atoms with Gasteiger partial charge >= 0.3 is 0 Å². The van der Waals surface area contributed by atoms with E-state index in [0.29, 0.717) is 12.3 Å². The molecule has 0 fully saturated rings. The maximum Gasteiger partial charge on any atom is 0.223 e. The zero-order valence-electron chi connectivity index (χ0n) is 6.56. The lowest BCUT2D eigenvalue weighted by Crippen LogP contribution is -2.30. The number of rotatable bonds is 4. The molecule has 0 bridgehead atoms. The zero-order chi connectivity index (χ0) is 7.98. The van der Waals surface area contributed by atoms with Gasteiger partial charge in [0.15, 0.2) is 0 Å². The van der Waals surface area contributed by atoms with E-state index < -0.39 is 0 Å². The Balaban J connectivity index is 3.65. The Labute approximate surface area is 67.2 Å². The first-order chi connectivity index (χ1) is 4.76. The van der Waals surface area contributed by atoms with Crippen LogP contribution in [-0.2, 0) is 4.79 Å². The number of carbonyl (C=O) groups is 1. The van der Waals surface area contributed by atoms with Crippen molar-refractivity contribution in [2.24, 2.45) is 0 Å². The highest BCUT2D eigenvalue weighted by atomic mass is 35.5. The molecule has 0 aliphatic carbocycles. The molecule has 0 aromatic heterocycles. The monoisotopic (exact) mass is 163 g/mol. The smallest absolute Gasteiger partial charge is 0.223 e. The molecule has 0 saturated carbocycles. The lowest BCUT2D eigenvalue weighted by atomic mass is 10.4. The summed E-state index contributed by atoms with van der Waals surface area (Å²) in [6.07, 6.45) is 0.462. The normalized spacial score (nSPS) is 9.50. The standard InChI is InChI=1S/C7H14ClNO/c1-3-9(4-2)7(10)5-6-8/h3-6H2,1-2H3. The summed E-state index contributed by atoms with van der Waals surface area (Å²) in [6, 6.07) is 0. The lowest BCUT2D eigenvalue weighted by Gasteiger charge is -2.17. The van der Waals surface area contributed by atoms with Crippen molar-refractivity contribution in [1.29, 1.82) is 0 Å². The number of hydrogen-bond acceptors (Lipinski definition) is 1. The third kappa shape index (κ3) is 3.06. The molecule has 1 amide bonds. The van der Waals surface area contributed by atoms with Gasteiger partial charge in [-0.2, -0.15) is 0 Å². The highest BCUT2D eigenvalue weighted by Gasteiger charge is 2.06. The van der Waals surface area contributed by atoms with Crippen molar-refractivity contribution in [3.63, 3.8) is 0 Å². The number of nitrogens with zero attached hydrogens (tertiary/aromatic N) is 1. The average Bonchev–Trinajstić information content (AvgIpc) is 1.91. The minimum atomic E-state index is 0.153. The molecule has 2 nitrogen and oxygen atoms in total. The molecule has 3 heteroatoms. The van der Waals surface area contributed by atoms with Gasteiger partial charge in [0.1, 0.15) is 0 Å². The van der Waals surface area contributed by atoms with Crippen molar-refractivity contribution in [3.05, 3.63) is 0 Å². The first kappa shape index (κ1) is 9.76. The van der Waals surface area contributed by atoms with Crippen molar-refractivity contribution in [1.82, 2.24) is 4.90 Å². The van der Waals surface area contributed by atoms with E-state index in [1.54, 1.807) is 4.90 Å². The second kappa shape index (κ2) is 5.54. The van der Waals surface area contributed by atoms with Crippen LogP contribution in [0, 0.1) is 0 Å². The first-order valence-corrected chi connectivity index (χ1v) is 4.13. The third-order valence-electron chi connectivity index (χ3n) is 1.42. The molecule has 0 radical (unpaired) electrons. The SMILES string of the molecule is CCN(CC)C(=O)CCCl. The molecule has 0 rings (SSSR count). The predicted octanol–water partition coefficient (Wildman–Crippen LogP) is 1.48. The minimum Gasteiger partial charge on any atom is -0.343 e. The van der Waals surface area contributed by atoms with Crippen LogP contribution in [-0.4, -0.2) is 29.8 Å². The van der Waals surface area contributed by atoms with E-state index in [9.17, 15) is 4.79 Å². The van der Waals surface area contributed by atoms with Gasteiger partial charge in [-0.3, -0.25) is 4.79 Å². The molecule has 0 aromatic rings. The fourth-order valence-corrected chi connectivity index (χ4v) is 0.977. The van der Waals surface area contributed by atoms with E-state index >= 15 is 0 Å². The Bertz CT molecular complexity index is 102. The maximum absolute atomic E-state index is 11.0. The lowest BCUT2D eigenvalue weighted by molar-refractivity contribution is -0.130. The van der Waals surface area contributed by atoms with Crippen LogP contribution in [0.25, 0.3) is 0 Å². The summed E-state index contributed by atoms with van der Waals surface area (Å²) in [4.78, 5) is 12.8. The molecule has 10 heavy (non-hydrogen) atoms. The molecule has 0 spiro atoms. The summed E-state index contributed by atoms with van der Waals surface area (Å²) in [5, 5.41) is 0. The maximum atomic E-state index is 11.0. The van der Waals surface area contributed by atoms with Crippen molar-refractivity contribution >= 4 is 17.5 Å². The molecular formula is C7H14ClNO. The zero-order valence-corrected chi connectivity index (χ0v) is 7.32. The Morgan fingerprint density at radius 2 is 1.90 bits per heavy atom. The van der Waals surface area contributed by atoms with E-state index in [0.717, 1.165) is 13.1 Å². The van der Waals surface area contributed by atoms with Crippen molar-refractivity contribution in [2.45, 2.75) is 20.3 Å². The molecule has 0 aromatic carbocycles. The topological polar surface area (TPSA) is 20.3 Å². The molecular weight excluding hydrogens is 150 g/mol. The molecule has 0 atom stereocenters. The number of alkyl halides is 1. The number of halogens is 1. The van der Waals surface area contributed by atoms with Crippen LogP contribution in [0.15, 0.2) is 0 Å². The molecule has 0 aliphatic rings. The fourth-order valence-electron chi connectivity index (χ4n) is 0.815. The predicted molar refractivity (Wildman–Crippen MR) is 43.3 cm³/mol. The quantitative estimate of drug-likeness (QED) is 0.575. The van der Waals surface area contributed by atoms with Crippen LogP contribution >= 0.6 is 11.6 Å². The van der Waals surface area contributed by atoms with Gasteiger partial charge in [0.2, 0.25) is 5.91 Å². The van der Waals surface area contributed by atoms with Gasteiger partial charge < -0.3 is 4.90 Å². The van der Waals surface area contributed by atoms with Crippen LogP contribution < -0.4 is 0 Å². The van der Waals surface area contributed by atoms with E-state index in [1.165, 1.54) is 0 Å². The van der Waals surface area contributed by atoms with E-state index in [1.807, 2.05) is 13.8 Å². The van der Waals surface area contributed by atoms with Gasteiger partial charge in [0, 0.05) is 25.4 Å². The van der Waals surface area contributed by atoms with Crippen molar-refractivity contribution in [2.75, 3.05) is 19.0 Å². The van der Waals surface area contributed by atoms with Crippen LogP contribution in [0.4, 0.5) is 0 Å². The van der Waals surface area contributed by atoms with Gasteiger partial charge in [0.25, 0.3) is 0 Å². The number of hydrogen-bond donors (Lipinski definition) is 0. The van der Waals surface area contributed by atoms with E-state index in [-0.39, 0.29) is 5.91 Å². The van der Waals surface area contributed by atoms with Gasteiger partial charge in [-0.1, -0.05) is 0 Å². The molecule has 0 saturated heterocycles. The van der Waals surface area contributed by atoms with Crippen LogP contribution in [0.3, 0.4) is 0 Å². The molecule has 60 valence electrons. The Kier molecular flexibility index (Phi) is 5.40. The highest BCUT2D eigenvalue weighted by Crippen LogP contribution is 1.94. The van der Waals surface area contributed by atoms with Gasteiger partial charge in [-0.25, -0.2) is 0 Å². The average molecular weight is 164 g/mol. The van der Waals surface area contributed by atoms with Crippen LogP contribution in [0.2, 0.25) is 0 Å². The van der Waals surface area contributed by atoms with Gasteiger partial charge in [-0.15, -0.1) is 11.6 Å². The fraction of sp³-hybridized carbons (Fsp3) is 0.857. The summed E-state index contributed by atoms with van der Waals surface area (Å²) in [6.45, 7) is 5.50. The van der Waals surface area contributed by atoms with Gasteiger partial charge in [0.05, 0.1) is 0 Å². The molecule has 0 aliphatic heterocycles. The minimum absolute atomic E-state index is 0.153. The second-order valence-electron chi connectivity index (χ2n) is 2.01. The Morgan fingerprint density at radius 1 is 1.40 bits per heavy atom. The van der Waals surface area contributed by atoms with Crippen LogP contribution in [0.5, 0.6) is 0 Å². The molecule has 0 heterocycles. The first-order valence-electron chi connectivity index (χ1n) is 3.60. The summed E-state index contributed by atoms with van der Waals surface area (Å²) in [7, 11) is 0. The highest BCUT2D eigenvalue weighted by molar-refractivity contribution is 6.18. The van der Waals surface area contributed by atoms with E-state index in [4.69, 9.17) is 11.6 Å². The van der Waals surface area contributed by atoms with Crippen LogP contribution in [0.1, 0.15) is 20.3 Å².